The number of H-pyrrole nitrogens is 1. The van der Waals surface area contributed by atoms with Gasteiger partial charge in [-0.05, 0) is 25.0 Å². The van der Waals surface area contributed by atoms with Crippen LogP contribution < -0.4 is 0 Å². The molecule has 0 saturated carbocycles. The molecule has 0 bridgehead atoms. The predicted molar refractivity (Wildman–Crippen MR) is 88.7 cm³/mol. The first kappa shape index (κ1) is 15.9. The van der Waals surface area contributed by atoms with E-state index in [2.05, 4.69) is 15.2 Å². The smallest absolute Gasteiger partial charge is 0.282 e. The quantitative estimate of drug-likeness (QED) is 0.879. The molecule has 0 aromatic carbocycles. The molecule has 2 aromatic rings. The number of pyridine rings is 1. The van der Waals surface area contributed by atoms with E-state index in [1.54, 1.807) is 10.5 Å². The number of hydrogen-bond acceptors (Lipinski definition) is 5. The van der Waals surface area contributed by atoms with Crippen LogP contribution in [0.2, 0.25) is 0 Å². The van der Waals surface area contributed by atoms with Crippen LogP contribution in [0.1, 0.15) is 24.5 Å². The molecule has 2 aliphatic rings. The molecule has 2 aromatic heterocycles. The highest BCUT2D eigenvalue weighted by Gasteiger charge is 2.35. The molecule has 130 valence electrons. The Morgan fingerprint density at radius 1 is 1.17 bits per heavy atom. The van der Waals surface area contributed by atoms with Crippen molar-refractivity contribution in [3.8, 4) is 0 Å². The van der Waals surface area contributed by atoms with Crippen molar-refractivity contribution in [2.75, 3.05) is 39.4 Å². The van der Waals surface area contributed by atoms with E-state index in [9.17, 15) is 8.42 Å². The summed E-state index contributed by atoms with van der Waals surface area (Å²) in [4.78, 5) is 4.61. The Hall–Kier alpha value is -1.55. The second-order valence-electron chi connectivity index (χ2n) is 6.26. The van der Waals surface area contributed by atoms with Crippen molar-refractivity contribution in [1.29, 1.82) is 0 Å². The number of nitrogens with zero attached hydrogens (tertiary/aromatic N) is 4. The minimum absolute atomic E-state index is 0.113. The molecule has 2 aliphatic heterocycles. The summed E-state index contributed by atoms with van der Waals surface area (Å²) in [5.74, 6) is 0.113. The molecule has 24 heavy (non-hydrogen) atoms. The minimum atomic E-state index is -3.42. The first-order chi connectivity index (χ1) is 11.6. The summed E-state index contributed by atoms with van der Waals surface area (Å²) in [6.07, 6.45) is 3.53. The zero-order valence-corrected chi connectivity index (χ0v) is 14.2. The fourth-order valence-electron chi connectivity index (χ4n) is 3.40. The second-order valence-corrected chi connectivity index (χ2v) is 8.19. The Morgan fingerprint density at radius 3 is 2.83 bits per heavy atom. The standard InChI is InChI=1S/C15H21N5O3S/c21-24(22,19-6-8-23-9-7-19)20-5-1-2-13(11-20)14-4-3-12-10-16-18-15(12)17-14/h3-4,10,13H,1-2,5-9,11H2,(H,16,17,18). The van der Waals surface area contributed by atoms with E-state index in [1.807, 2.05) is 12.1 Å². The summed E-state index contributed by atoms with van der Waals surface area (Å²) >= 11 is 0. The molecule has 1 unspecified atom stereocenters. The lowest BCUT2D eigenvalue weighted by Gasteiger charge is -2.36. The number of nitrogens with one attached hydrogen (secondary N) is 1. The molecule has 8 nitrogen and oxygen atoms in total. The van der Waals surface area contributed by atoms with Crippen LogP contribution in [0.5, 0.6) is 0 Å². The van der Waals surface area contributed by atoms with Crippen LogP contribution in [-0.4, -0.2) is 71.6 Å². The Bertz CT molecular complexity index is 815. The van der Waals surface area contributed by atoms with E-state index in [1.165, 1.54) is 4.31 Å². The number of morpholine rings is 1. The molecule has 0 spiro atoms. The van der Waals surface area contributed by atoms with Gasteiger partial charge in [0.15, 0.2) is 5.65 Å². The largest absolute Gasteiger partial charge is 0.379 e. The van der Waals surface area contributed by atoms with Gasteiger partial charge in [-0.1, -0.05) is 0 Å². The van der Waals surface area contributed by atoms with E-state index in [0.29, 0.717) is 39.4 Å². The van der Waals surface area contributed by atoms with E-state index >= 15 is 0 Å². The zero-order valence-electron chi connectivity index (χ0n) is 13.4. The van der Waals surface area contributed by atoms with Crippen molar-refractivity contribution in [1.82, 2.24) is 23.8 Å². The second kappa shape index (κ2) is 6.40. The zero-order chi connectivity index (χ0) is 16.6. The third-order valence-electron chi connectivity index (χ3n) is 4.75. The van der Waals surface area contributed by atoms with Crippen molar-refractivity contribution < 1.29 is 13.2 Å². The van der Waals surface area contributed by atoms with Crippen molar-refractivity contribution in [2.24, 2.45) is 0 Å². The van der Waals surface area contributed by atoms with Crippen molar-refractivity contribution in [3.63, 3.8) is 0 Å². The number of rotatable bonds is 3. The number of piperidine rings is 1. The molecule has 0 radical (unpaired) electrons. The van der Waals surface area contributed by atoms with E-state index in [4.69, 9.17) is 4.74 Å². The molecule has 9 heteroatoms. The maximum atomic E-state index is 12.8. The van der Waals surface area contributed by atoms with Crippen LogP contribution in [-0.2, 0) is 14.9 Å². The third-order valence-corrected chi connectivity index (χ3v) is 6.75. The Morgan fingerprint density at radius 2 is 2.00 bits per heavy atom. The lowest BCUT2D eigenvalue weighted by molar-refractivity contribution is 0.0695. The minimum Gasteiger partial charge on any atom is -0.379 e. The van der Waals surface area contributed by atoms with Crippen LogP contribution >= 0.6 is 0 Å². The summed E-state index contributed by atoms with van der Waals surface area (Å²) in [7, 11) is -3.42. The van der Waals surface area contributed by atoms with Gasteiger partial charge in [0.2, 0.25) is 0 Å². The molecule has 0 amide bonds. The SMILES string of the molecule is O=S(=O)(N1CCOCC1)N1CCCC(c2ccc3cn[nH]c3n2)C1. The average Bonchev–Trinajstić information content (AvgIpc) is 3.10. The summed E-state index contributed by atoms with van der Waals surface area (Å²) in [5.41, 5.74) is 1.68. The molecular formula is C15H21N5O3S. The maximum Gasteiger partial charge on any atom is 0.282 e. The number of aromatic amines is 1. The summed E-state index contributed by atoms with van der Waals surface area (Å²) in [5, 5.41) is 7.83. The molecule has 1 N–H and O–H groups in total. The summed E-state index contributed by atoms with van der Waals surface area (Å²) < 4.78 is 34.1. The van der Waals surface area contributed by atoms with Crippen LogP contribution in [0.3, 0.4) is 0 Å². The number of fused-ring (bicyclic) bond motifs is 1. The highest BCUT2D eigenvalue weighted by atomic mass is 32.2. The molecule has 2 fully saturated rings. The van der Waals surface area contributed by atoms with Crippen molar-refractivity contribution >= 4 is 21.2 Å². The molecule has 2 saturated heterocycles. The highest BCUT2D eigenvalue weighted by molar-refractivity contribution is 7.86. The van der Waals surface area contributed by atoms with Crippen molar-refractivity contribution in [3.05, 3.63) is 24.0 Å². The van der Waals surface area contributed by atoms with Gasteiger partial charge in [0.25, 0.3) is 10.2 Å². The van der Waals surface area contributed by atoms with Gasteiger partial charge >= 0.3 is 0 Å². The normalized spacial score (nSPS) is 24.4. The van der Waals surface area contributed by atoms with Crippen LogP contribution in [0.25, 0.3) is 11.0 Å². The Kier molecular flexibility index (Phi) is 4.25. The van der Waals surface area contributed by atoms with Gasteiger partial charge in [0.05, 0.1) is 19.4 Å². The lowest BCUT2D eigenvalue weighted by atomic mass is 9.95. The van der Waals surface area contributed by atoms with E-state index in [0.717, 1.165) is 29.6 Å². The summed E-state index contributed by atoms with van der Waals surface area (Å²) in [6, 6.07) is 3.96. The first-order valence-electron chi connectivity index (χ1n) is 8.27. The Labute approximate surface area is 141 Å². The molecule has 4 rings (SSSR count). The van der Waals surface area contributed by atoms with Gasteiger partial charge in [-0.15, -0.1) is 0 Å². The average molecular weight is 351 g/mol. The van der Waals surface area contributed by atoms with Gasteiger partial charge in [-0.2, -0.15) is 22.1 Å². The van der Waals surface area contributed by atoms with E-state index < -0.39 is 10.2 Å². The lowest BCUT2D eigenvalue weighted by Crippen LogP contribution is -2.51. The van der Waals surface area contributed by atoms with Crippen molar-refractivity contribution in [2.45, 2.75) is 18.8 Å². The Balaban J connectivity index is 1.54. The monoisotopic (exact) mass is 351 g/mol. The fourth-order valence-corrected chi connectivity index (χ4v) is 5.07. The fraction of sp³-hybridized carbons (Fsp3) is 0.600. The maximum absolute atomic E-state index is 12.8. The topological polar surface area (TPSA) is 91.4 Å². The first-order valence-corrected chi connectivity index (χ1v) is 9.67. The van der Waals surface area contributed by atoms with Gasteiger partial charge in [-0.25, -0.2) is 4.98 Å². The number of hydrogen-bond donors (Lipinski definition) is 1. The molecule has 4 heterocycles. The van der Waals surface area contributed by atoms with Crippen LogP contribution in [0, 0.1) is 0 Å². The highest BCUT2D eigenvalue weighted by Crippen LogP contribution is 2.29. The predicted octanol–water partition coefficient (Wildman–Crippen LogP) is 0.714. The van der Waals surface area contributed by atoms with Crippen LogP contribution in [0.15, 0.2) is 18.3 Å². The molecular weight excluding hydrogens is 330 g/mol. The molecule has 0 aliphatic carbocycles. The van der Waals surface area contributed by atoms with Gasteiger partial charge in [0, 0.05) is 43.2 Å². The number of ether oxygens (including phenoxy) is 1. The third kappa shape index (κ3) is 2.92. The number of aromatic nitrogens is 3. The summed E-state index contributed by atoms with van der Waals surface area (Å²) in [6.45, 7) is 2.85. The van der Waals surface area contributed by atoms with Crippen LogP contribution in [0.4, 0.5) is 0 Å². The van der Waals surface area contributed by atoms with Gasteiger partial charge in [-0.3, -0.25) is 5.10 Å². The molecule has 1 atom stereocenters. The van der Waals surface area contributed by atoms with Gasteiger partial charge in [0.1, 0.15) is 0 Å². The van der Waals surface area contributed by atoms with E-state index in [-0.39, 0.29) is 5.92 Å². The van der Waals surface area contributed by atoms with Gasteiger partial charge < -0.3 is 4.74 Å².